The second-order valence-electron chi connectivity index (χ2n) is 7.16. The number of amides is 1. The largest absolute Gasteiger partial charge is 0.448 e. The molecule has 4 rings (SSSR count). The van der Waals surface area contributed by atoms with E-state index < -0.39 is 0 Å². The average Bonchev–Trinajstić information content (AvgIpc) is 2.95. The van der Waals surface area contributed by atoms with Crippen LogP contribution in [0.5, 0.6) is 0 Å². The van der Waals surface area contributed by atoms with Crippen molar-refractivity contribution in [3.8, 4) is 11.1 Å². The number of benzene rings is 2. The maximum Gasteiger partial charge on any atom is 0.410 e. The molecule has 4 heteroatoms. The zero-order valence-electron chi connectivity index (χ0n) is 14.9. The Kier molecular flexibility index (Phi) is 4.93. The lowest BCUT2D eigenvalue weighted by molar-refractivity contribution is 0.0621. The maximum atomic E-state index is 12.7. The highest BCUT2D eigenvalue weighted by Crippen LogP contribution is 2.44. The first kappa shape index (κ1) is 17.1. The predicted molar refractivity (Wildman–Crippen MR) is 101 cm³/mol. The third-order valence-corrected chi connectivity index (χ3v) is 5.64. The average molecular weight is 351 g/mol. The minimum Gasteiger partial charge on any atom is -0.448 e. The van der Waals surface area contributed by atoms with Gasteiger partial charge in [0.1, 0.15) is 6.61 Å². The van der Waals surface area contributed by atoms with Gasteiger partial charge < -0.3 is 14.7 Å². The molecule has 0 aliphatic heterocycles. The van der Waals surface area contributed by atoms with Crippen LogP contribution in [0.4, 0.5) is 4.79 Å². The maximum absolute atomic E-state index is 12.7. The lowest BCUT2D eigenvalue weighted by Crippen LogP contribution is -2.45. The van der Waals surface area contributed by atoms with E-state index in [9.17, 15) is 4.79 Å². The molecule has 0 aromatic heterocycles. The first-order chi connectivity index (χ1) is 12.8. The molecule has 2 aromatic rings. The number of carbonyl (C=O) groups is 1. The number of hydrogen-bond donors (Lipinski definition) is 1. The van der Waals surface area contributed by atoms with Crippen LogP contribution in [-0.4, -0.2) is 41.9 Å². The fraction of sp³-hybridized carbons (Fsp3) is 0.409. The molecule has 0 spiro atoms. The van der Waals surface area contributed by atoms with Crippen molar-refractivity contribution in [1.82, 2.24) is 4.90 Å². The zero-order chi connectivity index (χ0) is 17.9. The molecule has 1 saturated carbocycles. The quantitative estimate of drug-likeness (QED) is 0.850. The van der Waals surface area contributed by atoms with Gasteiger partial charge in [-0.2, -0.15) is 0 Å². The molecule has 0 bridgehead atoms. The Morgan fingerprint density at radius 3 is 2.19 bits per heavy atom. The molecule has 0 heterocycles. The second-order valence-corrected chi connectivity index (χ2v) is 7.16. The molecule has 0 saturated heterocycles. The SMILES string of the molecule is O=C(OCC1c2ccccc2-c2ccccc21)N(CCCO)C1CCC1. The Labute approximate surface area is 154 Å². The van der Waals surface area contributed by atoms with Gasteiger partial charge in [0.25, 0.3) is 0 Å². The van der Waals surface area contributed by atoms with E-state index in [1.165, 1.54) is 22.3 Å². The summed E-state index contributed by atoms with van der Waals surface area (Å²) in [4.78, 5) is 14.5. The van der Waals surface area contributed by atoms with Crippen molar-refractivity contribution in [2.45, 2.75) is 37.6 Å². The molecule has 2 aliphatic carbocycles. The molecule has 2 aliphatic rings. The van der Waals surface area contributed by atoms with E-state index in [4.69, 9.17) is 9.84 Å². The van der Waals surface area contributed by atoms with E-state index in [1.54, 1.807) is 0 Å². The van der Waals surface area contributed by atoms with Crippen LogP contribution in [0.25, 0.3) is 11.1 Å². The molecule has 1 N–H and O–H groups in total. The monoisotopic (exact) mass is 351 g/mol. The fourth-order valence-electron chi connectivity index (χ4n) is 4.04. The van der Waals surface area contributed by atoms with Gasteiger partial charge in [0.05, 0.1) is 0 Å². The Hall–Kier alpha value is -2.33. The van der Waals surface area contributed by atoms with Crippen molar-refractivity contribution >= 4 is 6.09 Å². The minimum absolute atomic E-state index is 0.0902. The molecule has 1 fully saturated rings. The summed E-state index contributed by atoms with van der Waals surface area (Å²) in [6.45, 7) is 1.02. The zero-order valence-corrected chi connectivity index (χ0v) is 14.9. The van der Waals surface area contributed by atoms with Gasteiger partial charge in [-0.15, -0.1) is 0 Å². The third-order valence-electron chi connectivity index (χ3n) is 5.64. The number of rotatable bonds is 6. The molecule has 0 radical (unpaired) electrons. The second kappa shape index (κ2) is 7.50. The summed E-state index contributed by atoms with van der Waals surface area (Å²) in [5.74, 6) is 0.0902. The smallest absolute Gasteiger partial charge is 0.410 e. The molecule has 2 aromatic carbocycles. The molecule has 26 heavy (non-hydrogen) atoms. The first-order valence-electron chi connectivity index (χ1n) is 9.52. The van der Waals surface area contributed by atoms with Gasteiger partial charge in [-0.3, -0.25) is 0 Å². The van der Waals surface area contributed by atoms with E-state index >= 15 is 0 Å². The van der Waals surface area contributed by atoms with Crippen LogP contribution in [0.15, 0.2) is 48.5 Å². The van der Waals surface area contributed by atoms with Crippen molar-refractivity contribution in [1.29, 1.82) is 0 Å². The Morgan fingerprint density at radius 1 is 1.04 bits per heavy atom. The first-order valence-corrected chi connectivity index (χ1v) is 9.52. The van der Waals surface area contributed by atoms with E-state index in [-0.39, 0.29) is 24.7 Å². The van der Waals surface area contributed by atoms with Gasteiger partial charge in [0.2, 0.25) is 0 Å². The van der Waals surface area contributed by atoms with Crippen LogP contribution in [0, 0.1) is 0 Å². The third kappa shape index (κ3) is 3.10. The van der Waals surface area contributed by atoms with E-state index in [2.05, 4.69) is 36.4 Å². The van der Waals surface area contributed by atoms with Gasteiger partial charge in [0.15, 0.2) is 0 Å². The number of ether oxygens (including phenoxy) is 1. The van der Waals surface area contributed by atoms with Crippen molar-refractivity contribution in [2.75, 3.05) is 19.8 Å². The molecule has 0 unspecified atom stereocenters. The summed E-state index contributed by atoms with van der Waals surface area (Å²) in [5, 5.41) is 9.11. The van der Waals surface area contributed by atoms with Gasteiger partial charge in [-0.05, 0) is 47.9 Å². The van der Waals surface area contributed by atoms with Crippen molar-refractivity contribution in [2.24, 2.45) is 0 Å². The standard InChI is InChI=1S/C22H25NO3/c24-14-6-13-23(16-7-5-8-16)22(25)26-15-21-19-11-3-1-9-17(19)18-10-2-4-12-20(18)21/h1-4,9-12,16,21,24H,5-8,13-15H2. The van der Waals surface area contributed by atoms with Gasteiger partial charge >= 0.3 is 6.09 Å². The van der Waals surface area contributed by atoms with Crippen LogP contribution >= 0.6 is 0 Å². The Bertz CT molecular complexity index is 739. The summed E-state index contributed by atoms with van der Waals surface area (Å²) in [6, 6.07) is 17.0. The normalized spacial score (nSPS) is 15.9. The fourth-order valence-corrected chi connectivity index (χ4v) is 4.04. The molecular weight excluding hydrogens is 326 g/mol. The van der Waals surface area contributed by atoms with Crippen LogP contribution in [-0.2, 0) is 4.74 Å². The van der Waals surface area contributed by atoms with Crippen LogP contribution in [0.3, 0.4) is 0 Å². The molecule has 1 amide bonds. The van der Waals surface area contributed by atoms with E-state index in [0.29, 0.717) is 19.6 Å². The highest BCUT2D eigenvalue weighted by molar-refractivity contribution is 5.79. The van der Waals surface area contributed by atoms with Crippen LogP contribution in [0.2, 0.25) is 0 Å². The van der Waals surface area contributed by atoms with Crippen molar-refractivity contribution < 1.29 is 14.6 Å². The number of fused-ring (bicyclic) bond motifs is 3. The highest BCUT2D eigenvalue weighted by Gasteiger charge is 2.32. The lowest BCUT2D eigenvalue weighted by atomic mass is 9.91. The van der Waals surface area contributed by atoms with Crippen LogP contribution in [0.1, 0.15) is 42.7 Å². The Morgan fingerprint density at radius 2 is 1.65 bits per heavy atom. The minimum atomic E-state index is -0.245. The van der Waals surface area contributed by atoms with Gasteiger partial charge in [0, 0.05) is 25.1 Å². The number of aliphatic hydroxyl groups is 1. The highest BCUT2D eigenvalue weighted by atomic mass is 16.6. The van der Waals surface area contributed by atoms with E-state index in [1.807, 2.05) is 17.0 Å². The van der Waals surface area contributed by atoms with Crippen molar-refractivity contribution in [3.63, 3.8) is 0 Å². The van der Waals surface area contributed by atoms with Crippen LogP contribution < -0.4 is 0 Å². The number of aliphatic hydroxyl groups excluding tert-OH is 1. The molecule has 0 atom stereocenters. The van der Waals surface area contributed by atoms with Gasteiger partial charge in [-0.1, -0.05) is 48.5 Å². The summed E-state index contributed by atoms with van der Waals surface area (Å²) < 4.78 is 5.76. The topological polar surface area (TPSA) is 49.8 Å². The molecular formula is C22H25NO3. The molecule has 136 valence electrons. The Balaban J connectivity index is 1.49. The van der Waals surface area contributed by atoms with Crippen molar-refractivity contribution in [3.05, 3.63) is 59.7 Å². The lowest BCUT2D eigenvalue weighted by Gasteiger charge is -2.36. The molecule has 4 nitrogen and oxygen atoms in total. The number of hydrogen-bond acceptors (Lipinski definition) is 3. The number of carbonyl (C=O) groups excluding carboxylic acids is 1. The summed E-state index contributed by atoms with van der Waals surface area (Å²) >= 11 is 0. The summed E-state index contributed by atoms with van der Waals surface area (Å²) in [7, 11) is 0. The number of nitrogens with zero attached hydrogens (tertiary/aromatic N) is 1. The summed E-state index contributed by atoms with van der Waals surface area (Å²) in [6.07, 6.45) is 3.59. The van der Waals surface area contributed by atoms with E-state index in [0.717, 1.165) is 19.3 Å². The van der Waals surface area contributed by atoms with Gasteiger partial charge in [-0.25, -0.2) is 4.79 Å². The predicted octanol–water partition coefficient (Wildman–Crippen LogP) is 4.17. The summed E-state index contributed by atoms with van der Waals surface area (Å²) in [5.41, 5.74) is 4.93.